The topological polar surface area (TPSA) is 113 Å². The van der Waals surface area contributed by atoms with Gasteiger partial charge in [0.1, 0.15) is 5.60 Å². The Morgan fingerprint density at radius 2 is 1.72 bits per heavy atom. The van der Waals surface area contributed by atoms with E-state index in [-0.39, 0.29) is 6.42 Å². The summed E-state index contributed by atoms with van der Waals surface area (Å²) in [7, 11) is 0. The van der Waals surface area contributed by atoms with Crippen molar-refractivity contribution in [2.45, 2.75) is 123 Å². The molecule has 3 N–H and O–H groups in total. The molecule has 1 heterocycles. The maximum Gasteiger partial charge on any atom is 0.303 e. The average Bonchev–Trinajstić information content (AvgIpc) is 2.82. The summed E-state index contributed by atoms with van der Waals surface area (Å²) in [6, 6.07) is 0. The molecule has 39 heavy (non-hydrogen) atoms. The third-order valence-corrected chi connectivity index (χ3v) is 9.38. The lowest BCUT2D eigenvalue weighted by Crippen LogP contribution is -2.86. The number of esters is 1. The van der Waals surface area contributed by atoms with Gasteiger partial charge in [-0.1, -0.05) is 56.7 Å². The zero-order chi connectivity index (χ0) is 30.2. The smallest absolute Gasteiger partial charge is 0.303 e. The van der Waals surface area contributed by atoms with Gasteiger partial charge in [-0.15, -0.1) is 13.2 Å². The minimum absolute atomic E-state index is 0.138. The van der Waals surface area contributed by atoms with Crippen molar-refractivity contribution in [3.8, 4) is 0 Å². The zero-order valence-corrected chi connectivity index (χ0v) is 25.2. The van der Waals surface area contributed by atoms with E-state index in [4.69, 9.17) is 9.47 Å². The Hall–Kier alpha value is -2.06. The number of rotatable bonds is 6. The normalized spacial score (nSPS) is 41.2. The van der Waals surface area contributed by atoms with Crippen molar-refractivity contribution >= 4 is 11.8 Å². The van der Waals surface area contributed by atoms with E-state index >= 15 is 0 Å². The summed E-state index contributed by atoms with van der Waals surface area (Å²) in [5, 5.41) is 34.7. The average molecular weight is 547 g/mol. The first-order chi connectivity index (χ1) is 17.8. The van der Waals surface area contributed by atoms with Gasteiger partial charge in [0.15, 0.2) is 17.5 Å². The molecule has 7 nitrogen and oxygen atoms in total. The monoisotopic (exact) mass is 546 g/mol. The summed E-state index contributed by atoms with van der Waals surface area (Å²) >= 11 is 0. The lowest BCUT2D eigenvalue weighted by molar-refractivity contribution is -0.370. The fraction of sp³-hybridized carbons (Fsp3) is 0.688. The second kappa shape index (κ2) is 11.4. The second-order valence-electron chi connectivity index (χ2n) is 13.0. The summed E-state index contributed by atoms with van der Waals surface area (Å²) in [5.41, 5.74) is -4.51. The fourth-order valence-electron chi connectivity index (χ4n) is 7.29. The molecule has 3 aliphatic rings. The zero-order valence-electron chi connectivity index (χ0n) is 25.2. The van der Waals surface area contributed by atoms with Crippen molar-refractivity contribution in [2.24, 2.45) is 16.7 Å². The van der Waals surface area contributed by atoms with Crippen LogP contribution in [0.15, 0.2) is 49.1 Å². The van der Waals surface area contributed by atoms with E-state index in [0.29, 0.717) is 12.8 Å². The van der Waals surface area contributed by atoms with Gasteiger partial charge < -0.3 is 24.8 Å². The van der Waals surface area contributed by atoms with E-state index in [1.54, 1.807) is 13.8 Å². The van der Waals surface area contributed by atoms with Gasteiger partial charge in [0.2, 0.25) is 0 Å². The predicted molar refractivity (Wildman–Crippen MR) is 153 cm³/mol. The van der Waals surface area contributed by atoms with Crippen LogP contribution in [0, 0.1) is 16.7 Å². The van der Waals surface area contributed by atoms with Crippen molar-refractivity contribution in [3.05, 3.63) is 49.1 Å². The van der Waals surface area contributed by atoms with Crippen molar-refractivity contribution in [1.82, 2.24) is 0 Å². The van der Waals surface area contributed by atoms with Crippen LogP contribution in [0.5, 0.6) is 0 Å². The van der Waals surface area contributed by atoms with Crippen LogP contribution in [-0.4, -0.2) is 62.2 Å². The maximum absolute atomic E-state index is 13.6. The molecule has 0 aromatic rings. The Labute approximate surface area is 234 Å². The van der Waals surface area contributed by atoms with Crippen LogP contribution in [0.3, 0.4) is 0 Å². The molecule has 0 aromatic heterocycles. The highest BCUT2D eigenvalue weighted by atomic mass is 16.6. The van der Waals surface area contributed by atoms with E-state index in [1.807, 2.05) is 19.9 Å². The second-order valence-corrected chi connectivity index (χ2v) is 13.0. The van der Waals surface area contributed by atoms with Gasteiger partial charge in [-0.05, 0) is 58.8 Å². The molecule has 2 saturated carbocycles. The van der Waals surface area contributed by atoms with Gasteiger partial charge in [0.25, 0.3) is 0 Å². The Balaban J connectivity index is 0.000000455. The van der Waals surface area contributed by atoms with Crippen LogP contribution in [0.4, 0.5) is 0 Å². The van der Waals surface area contributed by atoms with Crippen molar-refractivity contribution in [3.63, 3.8) is 0 Å². The van der Waals surface area contributed by atoms with Crippen LogP contribution in [0.25, 0.3) is 0 Å². The summed E-state index contributed by atoms with van der Waals surface area (Å²) in [5.74, 6) is -1.87. The first kappa shape index (κ1) is 33.1. The van der Waals surface area contributed by atoms with E-state index in [0.717, 1.165) is 12.8 Å². The molecule has 7 heteroatoms. The lowest BCUT2D eigenvalue weighted by Gasteiger charge is -2.71. The molecule has 2 aliphatic carbocycles. The Kier molecular flexibility index (Phi) is 9.72. The van der Waals surface area contributed by atoms with Crippen LogP contribution < -0.4 is 0 Å². The van der Waals surface area contributed by atoms with E-state index in [2.05, 4.69) is 39.7 Å². The van der Waals surface area contributed by atoms with Gasteiger partial charge >= 0.3 is 5.97 Å². The molecule has 0 amide bonds. The molecule has 8 atom stereocenters. The number of aliphatic hydroxyl groups is 3. The standard InChI is InChI=1S/C22H34O7.C10H16/c1-8-19(5)11-14(25)22(27)20(6)13(24)9-10-18(3,4)16(20)15(26)17(28-12(2)23)21(22,7)29-19;1-5-10(4)8-6-7-9(2)3/h8,13,15-17,24,26-27H,1,9-11H2,2-7H3;5,8H,1-2,6-7H2,3-4H3/b;10-8+/t13-,15-,16-,17-,19-,20-,21+,22-;/m0./s1. The molecule has 220 valence electrons. The lowest BCUT2D eigenvalue weighted by atomic mass is 9.40. The number of Topliss-reactive ketones (excluding diaryl/α,β-unsaturated/α-hetero) is 1. The number of ketones is 1. The Bertz CT molecular complexity index is 1030. The van der Waals surface area contributed by atoms with Gasteiger partial charge in [0.05, 0.1) is 17.8 Å². The minimum atomic E-state index is -2.18. The van der Waals surface area contributed by atoms with Crippen LogP contribution in [0.1, 0.15) is 87.5 Å². The van der Waals surface area contributed by atoms with Gasteiger partial charge in [-0.2, -0.15) is 0 Å². The number of carbonyl (C=O) groups excluding carboxylic acids is 2. The molecule has 0 bridgehead atoms. The number of carbonyl (C=O) groups is 2. The number of fused-ring (bicyclic) bond motifs is 3. The largest absolute Gasteiger partial charge is 0.457 e. The van der Waals surface area contributed by atoms with Crippen molar-refractivity contribution in [1.29, 1.82) is 0 Å². The highest BCUT2D eigenvalue weighted by Crippen LogP contribution is 2.67. The number of allylic oxidation sites excluding steroid dienone is 4. The summed E-state index contributed by atoms with van der Waals surface area (Å²) < 4.78 is 11.8. The molecule has 3 rings (SSSR count). The van der Waals surface area contributed by atoms with Crippen LogP contribution in [0.2, 0.25) is 0 Å². The maximum atomic E-state index is 13.6. The quantitative estimate of drug-likeness (QED) is 0.244. The molecule has 0 radical (unpaired) electrons. The molecular formula is C32H50O7. The van der Waals surface area contributed by atoms with Gasteiger partial charge in [-0.3, -0.25) is 9.59 Å². The van der Waals surface area contributed by atoms with E-state index in [9.17, 15) is 24.9 Å². The molecule has 1 aliphatic heterocycles. The van der Waals surface area contributed by atoms with Crippen molar-refractivity contribution in [2.75, 3.05) is 0 Å². The summed E-state index contributed by atoms with van der Waals surface area (Å²) in [4.78, 5) is 25.5. The van der Waals surface area contributed by atoms with Crippen molar-refractivity contribution < 1.29 is 34.4 Å². The Morgan fingerprint density at radius 1 is 1.13 bits per heavy atom. The van der Waals surface area contributed by atoms with Crippen LogP contribution >= 0.6 is 0 Å². The first-order valence-corrected chi connectivity index (χ1v) is 13.8. The molecule has 3 fully saturated rings. The molecule has 0 spiro atoms. The number of aliphatic hydroxyl groups excluding tert-OH is 2. The number of ether oxygens (including phenoxy) is 2. The Morgan fingerprint density at radius 3 is 2.21 bits per heavy atom. The fourth-order valence-corrected chi connectivity index (χ4v) is 7.29. The van der Waals surface area contributed by atoms with Gasteiger partial charge in [-0.25, -0.2) is 0 Å². The number of hydrogen-bond acceptors (Lipinski definition) is 7. The van der Waals surface area contributed by atoms with E-state index < -0.39 is 63.6 Å². The summed E-state index contributed by atoms with van der Waals surface area (Å²) in [6.07, 6.45) is 4.94. The minimum Gasteiger partial charge on any atom is -0.457 e. The highest BCUT2D eigenvalue weighted by molar-refractivity contribution is 5.92. The number of hydrogen-bond donors (Lipinski definition) is 3. The summed E-state index contributed by atoms with van der Waals surface area (Å²) in [6.45, 7) is 25.2. The third-order valence-electron chi connectivity index (χ3n) is 9.38. The van der Waals surface area contributed by atoms with Crippen LogP contribution in [-0.2, 0) is 19.1 Å². The third kappa shape index (κ3) is 5.61. The molecule has 1 saturated heterocycles. The SMILES string of the molecule is C=C/C(C)=C/CCC(=C)C.C=C[C@@]1(C)CC(=O)[C@]2(O)[C@@]3(C)[C@@H](O)CCC(C)(C)[C@@H]3[C@H](O)[C@H](OC(C)=O)[C@@]2(C)O1. The first-order valence-electron chi connectivity index (χ1n) is 13.8. The predicted octanol–water partition coefficient (Wildman–Crippen LogP) is 4.99. The molecule has 0 unspecified atom stereocenters. The van der Waals surface area contributed by atoms with Gasteiger partial charge in [0, 0.05) is 24.7 Å². The molecule has 0 aromatic carbocycles. The highest BCUT2D eigenvalue weighted by Gasteiger charge is 2.81. The molecular weight excluding hydrogens is 496 g/mol. The van der Waals surface area contributed by atoms with E-state index in [1.165, 1.54) is 31.1 Å².